The van der Waals surface area contributed by atoms with E-state index in [1.807, 2.05) is 0 Å². The number of ether oxygens (including phenoxy) is 4. The molecule has 3 N–H and O–H groups in total. The molecule has 0 saturated carbocycles. The van der Waals surface area contributed by atoms with Gasteiger partial charge in [0.1, 0.15) is 19.3 Å². The SMILES string of the molecule is CCCCCCCCCCCCCCCCCCCCC(=O)OC[C@H](COP(=O)(O)OC[C@@H](O)COP(=O)(O)OC[C@@H](COC(=O)CCCCCCCCC(C)C)OC(=O)CCCCCCCCCCCCCCCC(C)C)OC(=O)CCCCCCCCCCCCCCCCCC(C)C. The average Bonchev–Trinajstić information content (AvgIpc) is 0.928. The van der Waals surface area contributed by atoms with E-state index >= 15 is 0 Å². The Morgan fingerprint density at radius 3 is 0.673 bits per heavy atom. The minimum absolute atomic E-state index is 0.106. The molecule has 19 heteroatoms. The number of esters is 4. The summed E-state index contributed by atoms with van der Waals surface area (Å²) in [5.41, 5.74) is 0. The van der Waals surface area contributed by atoms with Gasteiger partial charge in [-0.2, -0.15) is 0 Å². The standard InChI is InChI=1S/C82H160O17P2/c1-8-9-10-11-12-13-14-15-16-17-18-21-26-31-36-41-49-56-63-79(84)92-69-77(98-81(86)65-58-51-42-37-32-27-22-19-20-24-29-34-39-46-53-60-73(2)3)71-96-100(88,89)94-67-76(83)68-95-101(90,91)97-72-78(70-93-80(85)64-57-50-45-44-48-55-62-75(6)7)99-82(87)66-59-52-43-38-33-28-23-25-30-35-40-47-54-61-74(4)5/h73-78,83H,8-72H2,1-7H3,(H,88,89)(H,90,91)/t76-,77-,78-/m1/s1. The molecule has 0 aliphatic rings. The number of aliphatic hydroxyl groups excluding tert-OH is 1. The average molecular weight is 1480 g/mol. The summed E-state index contributed by atoms with van der Waals surface area (Å²) in [7, 11) is -9.92. The molecule has 0 aliphatic heterocycles. The lowest BCUT2D eigenvalue weighted by Crippen LogP contribution is -2.30. The molecule has 17 nitrogen and oxygen atoms in total. The van der Waals surface area contributed by atoms with Gasteiger partial charge in [-0.05, 0) is 43.4 Å². The van der Waals surface area contributed by atoms with E-state index in [1.54, 1.807) is 0 Å². The molecule has 101 heavy (non-hydrogen) atoms. The number of hydrogen-bond donors (Lipinski definition) is 3. The van der Waals surface area contributed by atoms with Gasteiger partial charge in [-0.3, -0.25) is 37.3 Å². The Hall–Kier alpha value is -1.94. The molecule has 0 aromatic rings. The lowest BCUT2D eigenvalue weighted by Gasteiger charge is -2.21. The van der Waals surface area contributed by atoms with Gasteiger partial charge in [-0.1, -0.05) is 376 Å². The molecule has 2 unspecified atom stereocenters. The molecule has 0 amide bonds. The predicted molar refractivity (Wildman–Crippen MR) is 414 cm³/mol. The third kappa shape index (κ3) is 76.1. The topological polar surface area (TPSA) is 237 Å². The van der Waals surface area contributed by atoms with Crippen molar-refractivity contribution in [1.82, 2.24) is 0 Å². The van der Waals surface area contributed by atoms with Crippen LogP contribution in [-0.4, -0.2) is 96.7 Å². The van der Waals surface area contributed by atoms with Crippen molar-refractivity contribution in [3.63, 3.8) is 0 Å². The smallest absolute Gasteiger partial charge is 0.462 e. The molecule has 0 fully saturated rings. The number of aliphatic hydroxyl groups is 1. The maximum Gasteiger partial charge on any atom is 0.472 e. The number of unbranched alkanes of at least 4 members (excludes halogenated alkanes) is 48. The molecule has 0 rings (SSSR count). The number of phosphoric ester groups is 2. The fraction of sp³-hybridized carbons (Fsp3) is 0.951. The molecule has 0 aromatic carbocycles. The van der Waals surface area contributed by atoms with E-state index in [-0.39, 0.29) is 25.7 Å². The van der Waals surface area contributed by atoms with Crippen LogP contribution in [0.3, 0.4) is 0 Å². The number of carbonyl (C=O) groups is 4. The predicted octanol–water partition coefficient (Wildman–Crippen LogP) is 24.5. The Labute approximate surface area is 619 Å². The van der Waals surface area contributed by atoms with Gasteiger partial charge in [0.15, 0.2) is 12.2 Å². The number of phosphoric acid groups is 2. The Kier molecular flexibility index (Phi) is 70.9. The van der Waals surface area contributed by atoms with Gasteiger partial charge in [0.2, 0.25) is 0 Å². The van der Waals surface area contributed by atoms with Gasteiger partial charge in [-0.25, -0.2) is 9.13 Å². The molecule has 0 spiro atoms. The second-order valence-electron chi connectivity index (χ2n) is 30.9. The maximum absolute atomic E-state index is 13.1. The van der Waals surface area contributed by atoms with Gasteiger partial charge < -0.3 is 33.8 Å². The minimum Gasteiger partial charge on any atom is -0.462 e. The van der Waals surface area contributed by atoms with E-state index in [1.165, 1.54) is 231 Å². The maximum atomic E-state index is 13.1. The number of carbonyl (C=O) groups excluding carboxylic acids is 4. The second-order valence-corrected chi connectivity index (χ2v) is 33.8. The first kappa shape index (κ1) is 99.1. The summed E-state index contributed by atoms with van der Waals surface area (Å²) in [4.78, 5) is 73.0. The fourth-order valence-electron chi connectivity index (χ4n) is 12.7. The Bertz CT molecular complexity index is 1960. The summed E-state index contributed by atoms with van der Waals surface area (Å²) in [5, 5.41) is 10.6. The van der Waals surface area contributed by atoms with Crippen molar-refractivity contribution >= 4 is 39.5 Å². The normalized spacial score (nSPS) is 14.0. The van der Waals surface area contributed by atoms with Crippen molar-refractivity contribution in [1.29, 1.82) is 0 Å². The zero-order valence-electron chi connectivity index (χ0n) is 66.4. The molecule has 600 valence electrons. The Morgan fingerprint density at radius 1 is 0.267 bits per heavy atom. The first-order valence-electron chi connectivity index (χ1n) is 42.3. The highest BCUT2D eigenvalue weighted by Crippen LogP contribution is 2.45. The molecule has 0 heterocycles. The summed E-state index contributed by atoms with van der Waals surface area (Å²) in [6.07, 6.45) is 61.2. The van der Waals surface area contributed by atoms with Crippen LogP contribution in [0.4, 0.5) is 0 Å². The van der Waals surface area contributed by atoms with Crippen molar-refractivity contribution in [2.24, 2.45) is 17.8 Å². The van der Waals surface area contributed by atoms with Crippen LogP contribution in [0.5, 0.6) is 0 Å². The first-order chi connectivity index (χ1) is 48.7. The summed E-state index contributed by atoms with van der Waals surface area (Å²) in [6.45, 7) is 11.9. The zero-order valence-corrected chi connectivity index (χ0v) is 68.2. The fourth-order valence-corrected chi connectivity index (χ4v) is 14.2. The van der Waals surface area contributed by atoms with Crippen LogP contribution < -0.4 is 0 Å². The Balaban J connectivity index is 5.23. The highest BCUT2D eigenvalue weighted by Gasteiger charge is 2.30. The lowest BCUT2D eigenvalue weighted by molar-refractivity contribution is -0.161. The van der Waals surface area contributed by atoms with Crippen molar-refractivity contribution < 1.29 is 80.2 Å². The van der Waals surface area contributed by atoms with Crippen LogP contribution in [0.15, 0.2) is 0 Å². The van der Waals surface area contributed by atoms with Crippen LogP contribution in [0.1, 0.15) is 427 Å². The second kappa shape index (κ2) is 72.3. The number of rotatable bonds is 80. The van der Waals surface area contributed by atoms with Gasteiger partial charge in [-0.15, -0.1) is 0 Å². The minimum atomic E-state index is -4.96. The summed E-state index contributed by atoms with van der Waals surface area (Å²) < 4.78 is 68.7. The largest absolute Gasteiger partial charge is 0.472 e. The van der Waals surface area contributed by atoms with Gasteiger partial charge in [0, 0.05) is 25.7 Å². The van der Waals surface area contributed by atoms with Gasteiger partial charge in [0.25, 0.3) is 0 Å². The van der Waals surface area contributed by atoms with Crippen LogP contribution in [0.2, 0.25) is 0 Å². The molecule has 0 aromatic heterocycles. The monoisotopic (exact) mass is 1480 g/mol. The zero-order chi connectivity index (χ0) is 74.4. The molecule has 0 aliphatic carbocycles. The highest BCUT2D eigenvalue weighted by molar-refractivity contribution is 7.47. The third-order valence-electron chi connectivity index (χ3n) is 19.1. The molecule has 0 saturated heterocycles. The molecule has 0 bridgehead atoms. The molecular weight excluding hydrogens is 1320 g/mol. The van der Waals surface area contributed by atoms with Crippen molar-refractivity contribution in [2.45, 2.75) is 446 Å². The van der Waals surface area contributed by atoms with Crippen LogP contribution >= 0.6 is 15.6 Å². The van der Waals surface area contributed by atoms with Crippen LogP contribution in [0, 0.1) is 17.8 Å². The quantitative estimate of drug-likeness (QED) is 0.0222. The van der Waals surface area contributed by atoms with Gasteiger partial charge >= 0.3 is 39.5 Å². The molecule has 0 radical (unpaired) electrons. The molecular formula is C82H160O17P2. The lowest BCUT2D eigenvalue weighted by atomic mass is 10.0. The summed E-state index contributed by atoms with van der Waals surface area (Å²) >= 11 is 0. The summed E-state index contributed by atoms with van der Waals surface area (Å²) in [6, 6.07) is 0. The van der Waals surface area contributed by atoms with Crippen molar-refractivity contribution in [2.75, 3.05) is 39.6 Å². The summed E-state index contributed by atoms with van der Waals surface area (Å²) in [5.74, 6) is 0.157. The first-order valence-corrected chi connectivity index (χ1v) is 45.3. The van der Waals surface area contributed by atoms with E-state index in [0.717, 1.165) is 108 Å². The third-order valence-corrected chi connectivity index (χ3v) is 21.0. The van der Waals surface area contributed by atoms with E-state index < -0.39 is 97.5 Å². The highest BCUT2D eigenvalue weighted by atomic mass is 31.2. The van der Waals surface area contributed by atoms with Crippen LogP contribution in [0.25, 0.3) is 0 Å². The van der Waals surface area contributed by atoms with Gasteiger partial charge in [0.05, 0.1) is 26.4 Å². The van der Waals surface area contributed by atoms with Crippen LogP contribution in [-0.2, 0) is 65.4 Å². The van der Waals surface area contributed by atoms with Crippen molar-refractivity contribution in [3.8, 4) is 0 Å². The molecule has 5 atom stereocenters. The van der Waals surface area contributed by atoms with E-state index in [0.29, 0.717) is 31.6 Å². The van der Waals surface area contributed by atoms with E-state index in [2.05, 4.69) is 48.5 Å². The van der Waals surface area contributed by atoms with E-state index in [9.17, 15) is 43.2 Å². The van der Waals surface area contributed by atoms with E-state index in [4.69, 9.17) is 37.0 Å². The number of hydrogen-bond acceptors (Lipinski definition) is 15. The Morgan fingerprint density at radius 2 is 0.455 bits per heavy atom. The van der Waals surface area contributed by atoms with Crippen molar-refractivity contribution in [3.05, 3.63) is 0 Å².